The normalized spacial score (nSPS) is 14.5. The molecule has 3 heterocycles. The van der Waals surface area contributed by atoms with E-state index < -0.39 is 0 Å². The predicted octanol–water partition coefficient (Wildman–Crippen LogP) is 1.11. The van der Waals surface area contributed by atoms with Crippen molar-refractivity contribution in [1.29, 1.82) is 0 Å². The third-order valence-electron chi connectivity index (χ3n) is 4.37. The van der Waals surface area contributed by atoms with Crippen LogP contribution < -0.4 is 5.56 Å². The van der Waals surface area contributed by atoms with E-state index in [4.69, 9.17) is 0 Å². The van der Waals surface area contributed by atoms with E-state index in [0.717, 1.165) is 18.7 Å². The van der Waals surface area contributed by atoms with Gasteiger partial charge in [-0.1, -0.05) is 6.07 Å². The Hall–Kier alpha value is -1.99. The van der Waals surface area contributed by atoms with Gasteiger partial charge in [0.05, 0.1) is 5.51 Å². The highest BCUT2D eigenvalue weighted by Crippen LogP contribution is 2.16. The summed E-state index contributed by atoms with van der Waals surface area (Å²) in [6, 6.07) is 3.56. The summed E-state index contributed by atoms with van der Waals surface area (Å²) in [6.45, 7) is 2.77. The molecule has 1 amide bonds. The molecule has 128 valence electrons. The van der Waals surface area contributed by atoms with Crippen LogP contribution in [0.5, 0.6) is 0 Å². The third-order valence-corrected chi connectivity index (χ3v) is 4.96. The van der Waals surface area contributed by atoms with Crippen LogP contribution in [0.2, 0.25) is 0 Å². The molecular weight excluding hydrogens is 324 g/mol. The maximum absolute atomic E-state index is 12.5. The fourth-order valence-electron chi connectivity index (χ4n) is 3.02. The lowest BCUT2D eigenvalue weighted by atomic mass is 10.1. The van der Waals surface area contributed by atoms with E-state index in [1.165, 1.54) is 16.9 Å². The highest BCUT2D eigenvalue weighted by Gasteiger charge is 2.22. The molecule has 0 saturated carbocycles. The first-order chi connectivity index (χ1) is 11.6. The van der Waals surface area contributed by atoms with Crippen LogP contribution in [0.1, 0.15) is 21.7 Å². The number of nitrogens with zero attached hydrogens (tertiary/aromatic N) is 4. The number of rotatable bonds is 4. The highest BCUT2D eigenvalue weighted by molar-refractivity contribution is 7.07. The van der Waals surface area contributed by atoms with Crippen molar-refractivity contribution < 1.29 is 4.79 Å². The molecule has 2 aromatic rings. The first-order valence-corrected chi connectivity index (χ1v) is 9.04. The second-order valence-electron chi connectivity index (χ2n) is 6.26. The maximum atomic E-state index is 12.5. The van der Waals surface area contributed by atoms with Crippen molar-refractivity contribution in [3.05, 3.63) is 50.3 Å². The minimum Gasteiger partial charge on any atom is -0.337 e. The molecule has 1 aliphatic rings. The zero-order valence-electron chi connectivity index (χ0n) is 14.1. The predicted molar refractivity (Wildman–Crippen MR) is 94.7 cm³/mol. The van der Waals surface area contributed by atoms with Gasteiger partial charge in [-0.05, 0) is 26.1 Å². The van der Waals surface area contributed by atoms with Crippen molar-refractivity contribution >= 4 is 17.2 Å². The molecule has 0 saturated heterocycles. The number of fused-ring (bicyclic) bond motifs is 1. The Morgan fingerprint density at radius 1 is 1.29 bits per heavy atom. The summed E-state index contributed by atoms with van der Waals surface area (Å²) >= 11 is 1.43. The first-order valence-electron chi connectivity index (χ1n) is 8.10. The minimum absolute atomic E-state index is 0.0220. The number of carbonyl (C=O) groups excluding carboxylic acids is 1. The van der Waals surface area contributed by atoms with Gasteiger partial charge in [0.2, 0.25) is 0 Å². The molecule has 0 fully saturated rings. The second-order valence-corrected chi connectivity index (χ2v) is 6.98. The summed E-state index contributed by atoms with van der Waals surface area (Å²) in [6.07, 6.45) is 1.47. The van der Waals surface area contributed by atoms with Gasteiger partial charge in [0.15, 0.2) is 0 Å². The van der Waals surface area contributed by atoms with Gasteiger partial charge < -0.3 is 14.4 Å². The van der Waals surface area contributed by atoms with Crippen LogP contribution in [0, 0.1) is 0 Å². The number of amides is 1. The van der Waals surface area contributed by atoms with Crippen molar-refractivity contribution in [2.24, 2.45) is 0 Å². The molecule has 7 heteroatoms. The number of thiazole rings is 1. The largest absolute Gasteiger partial charge is 0.337 e. The molecule has 0 spiro atoms. The molecule has 0 aliphatic carbocycles. The van der Waals surface area contributed by atoms with E-state index in [2.05, 4.69) is 9.88 Å². The molecular formula is C17H22N4O2S. The van der Waals surface area contributed by atoms with Crippen molar-refractivity contribution in [2.75, 3.05) is 33.7 Å². The molecule has 0 bridgehead atoms. The Kier molecular flexibility index (Phi) is 5.11. The number of likely N-dealkylation sites (N-methyl/N-ethyl adjacent to an activating group) is 1. The van der Waals surface area contributed by atoms with Crippen LogP contribution >= 0.6 is 11.3 Å². The number of carbonyl (C=O) groups is 1. The Balaban J connectivity index is 1.81. The molecule has 0 unspecified atom stereocenters. The summed E-state index contributed by atoms with van der Waals surface area (Å²) in [4.78, 5) is 32.8. The smallest absolute Gasteiger partial charge is 0.273 e. The Bertz CT molecular complexity index is 767. The molecule has 1 aliphatic heterocycles. The van der Waals surface area contributed by atoms with Crippen LogP contribution in [-0.2, 0) is 19.4 Å². The summed E-state index contributed by atoms with van der Waals surface area (Å²) in [5, 5.41) is 1.79. The molecule has 6 nitrogen and oxygen atoms in total. The molecule has 0 atom stereocenters. The Morgan fingerprint density at radius 2 is 2.08 bits per heavy atom. The first kappa shape index (κ1) is 16.9. The van der Waals surface area contributed by atoms with Crippen LogP contribution in [0.4, 0.5) is 0 Å². The van der Waals surface area contributed by atoms with Gasteiger partial charge in [0, 0.05) is 49.7 Å². The van der Waals surface area contributed by atoms with Crippen molar-refractivity contribution in [3.8, 4) is 0 Å². The minimum atomic E-state index is -0.0220. The van der Waals surface area contributed by atoms with Crippen LogP contribution in [0.15, 0.2) is 27.8 Å². The highest BCUT2D eigenvalue weighted by atomic mass is 32.1. The monoisotopic (exact) mass is 346 g/mol. The lowest BCUT2D eigenvalue weighted by Crippen LogP contribution is -2.34. The van der Waals surface area contributed by atoms with Gasteiger partial charge in [-0.2, -0.15) is 0 Å². The zero-order chi connectivity index (χ0) is 17.1. The molecule has 0 N–H and O–H groups in total. The number of hydrogen-bond donors (Lipinski definition) is 0. The lowest BCUT2D eigenvalue weighted by Gasteiger charge is -2.19. The standard InChI is InChI=1S/C17H22N4O2S/c1-19(2)9-10-21-15-6-8-20(17(23)14-11-24-12-18-14)7-5-13(15)3-4-16(21)22/h3-4,11-12H,5-10H2,1-2H3. The van der Waals surface area contributed by atoms with Crippen LogP contribution in [-0.4, -0.2) is 59.0 Å². The van der Waals surface area contributed by atoms with Gasteiger partial charge in [0.1, 0.15) is 5.69 Å². The second kappa shape index (κ2) is 7.27. The van der Waals surface area contributed by atoms with Gasteiger partial charge >= 0.3 is 0 Å². The van der Waals surface area contributed by atoms with E-state index in [9.17, 15) is 9.59 Å². The van der Waals surface area contributed by atoms with E-state index >= 15 is 0 Å². The average Bonchev–Trinajstić information content (AvgIpc) is 3.00. The van der Waals surface area contributed by atoms with Crippen LogP contribution in [0.25, 0.3) is 0 Å². The van der Waals surface area contributed by atoms with E-state index in [1.807, 2.05) is 29.6 Å². The Labute approximate surface area is 145 Å². The number of aromatic nitrogens is 2. The molecule has 2 aromatic heterocycles. The third kappa shape index (κ3) is 3.57. The zero-order valence-corrected chi connectivity index (χ0v) is 14.9. The van der Waals surface area contributed by atoms with Crippen molar-refractivity contribution in [2.45, 2.75) is 19.4 Å². The lowest BCUT2D eigenvalue weighted by molar-refractivity contribution is 0.0757. The van der Waals surface area contributed by atoms with Gasteiger partial charge in [-0.15, -0.1) is 11.3 Å². The fraction of sp³-hybridized carbons (Fsp3) is 0.471. The van der Waals surface area contributed by atoms with E-state index in [1.54, 1.807) is 17.0 Å². The van der Waals surface area contributed by atoms with Gasteiger partial charge in [0.25, 0.3) is 11.5 Å². The number of hydrogen-bond acceptors (Lipinski definition) is 5. The van der Waals surface area contributed by atoms with E-state index in [0.29, 0.717) is 31.7 Å². The maximum Gasteiger partial charge on any atom is 0.273 e. The van der Waals surface area contributed by atoms with Crippen molar-refractivity contribution in [1.82, 2.24) is 19.4 Å². The Morgan fingerprint density at radius 3 is 2.79 bits per heavy atom. The van der Waals surface area contributed by atoms with Gasteiger partial charge in [-0.3, -0.25) is 9.59 Å². The SMILES string of the molecule is CN(C)CCn1c2c(ccc1=O)CCN(C(=O)c1cscn1)CC2. The van der Waals surface area contributed by atoms with Gasteiger partial charge in [-0.25, -0.2) is 4.98 Å². The average molecular weight is 346 g/mol. The fourth-order valence-corrected chi connectivity index (χ4v) is 3.55. The molecule has 0 aromatic carbocycles. The molecule has 0 radical (unpaired) electrons. The molecule has 24 heavy (non-hydrogen) atoms. The van der Waals surface area contributed by atoms with Crippen LogP contribution in [0.3, 0.4) is 0 Å². The summed E-state index contributed by atoms with van der Waals surface area (Å²) in [5.41, 5.74) is 4.46. The summed E-state index contributed by atoms with van der Waals surface area (Å²) < 4.78 is 1.87. The summed E-state index contributed by atoms with van der Waals surface area (Å²) in [7, 11) is 4.00. The summed E-state index contributed by atoms with van der Waals surface area (Å²) in [5.74, 6) is -0.0220. The quantitative estimate of drug-likeness (QED) is 0.832. The number of pyridine rings is 1. The van der Waals surface area contributed by atoms with E-state index in [-0.39, 0.29) is 11.5 Å². The van der Waals surface area contributed by atoms with Crippen molar-refractivity contribution in [3.63, 3.8) is 0 Å². The molecule has 3 rings (SSSR count). The topological polar surface area (TPSA) is 58.4 Å².